The zero-order valence-electron chi connectivity index (χ0n) is 6.11. The van der Waals surface area contributed by atoms with Crippen LogP contribution in [-0.4, -0.2) is 13.1 Å². The van der Waals surface area contributed by atoms with Gasteiger partial charge in [-0.3, -0.25) is 0 Å². The maximum Gasteiger partial charge on any atom is 0.330 e. The molecule has 0 radical (unpaired) electrons. The van der Waals surface area contributed by atoms with Crippen molar-refractivity contribution in [2.75, 3.05) is 7.11 Å². The van der Waals surface area contributed by atoms with Gasteiger partial charge in [-0.25, -0.2) is 4.79 Å². The Hall–Kier alpha value is -1.09. The fraction of sp³-hybridized carbons (Fsp3) is 0.125. The van der Waals surface area contributed by atoms with Crippen LogP contribution >= 0.6 is 11.3 Å². The van der Waals surface area contributed by atoms with Crippen molar-refractivity contribution in [1.29, 1.82) is 0 Å². The quantitative estimate of drug-likeness (QED) is 0.498. The van der Waals surface area contributed by atoms with E-state index in [2.05, 4.69) is 4.74 Å². The summed E-state index contributed by atoms with van der Waals surface area (Å²) in [5, 5.41) is 3.91. The number of carbonyl (C=O) groups excluding carboxylic acids is 1. The lowest BCUT2D eigenvalue weighted by molar-refractivity contribution is -0.134. The summed E-state index contributed by atoms with van der Waals surface area (Å²) in [6.45, 7) is 0. The van der Waals surface area contributed by atoms with Gasteiger partial charge < -0.3 is 4.74 Å². The van der Waals surface area contributed by atoms with Crippen molar-refractivity contribution in [3.8, 4) is 0 Å². The fourth-order valence-electron chi connectivity index (χ4n) is 0.602. The number of ether oxygens (including phenoxy) is 1. The van der Waals surface area contributed by atoms with Gasteiger partial charge in [0.2, 0.25) is 0 Å². The van der Waals surface area contributed by atoms with E-state index in [1.54, 1.807) is 17.4 Å². The van der Waals surface area contributed by atoms with Gasteiger partial charge in [0.05, 0.1) is 7.11 Å². The van der Waals surface area contributed by atoms with Crippen LogP contribution in [0.3, 0.4) is 0 Å². The highest BCUT2D eigenvalue weighted by molar-refractivity contribution is 7.08. The first-order chi connectivity index (χ1) is 5.33. The molecule has 1 aromatic heterocycles. The van der Waals surface area contributed by atoms with Crippen LogP contribution in [0.2, 0.25) is 0 Å². The summed E-state index contributed by atoms with van der Waals surface area (Å²) in [7, 11) is 1.36. The lowest BCUT2D eigenvalue weighted by atomic mass is 10.3. The van der Waals surface area contributed by atoms with Crippen molar-refractivity contribution in [3.05, 3.63) is 28.5 Å². The topological polar surface area (TPSA) is 26.3 Å². The van der Waals surface area contributed by atoms with E-state index >= 15 is 0 Å². The van der Waals surface area contributed by atoms with E-state index in [1.807, 2.05) is 16.8 Å². The van der Waals surface area contributed by atoms with Crippen LogP contribution in [0.25, 0.3) is 6.08 Å². The molecular weight excluding hydrogens is 160 g/mol. The predicted molar refractivity (Wildman–Crippen MR) is 45.4 cm³/mol. The molecule has 0 saturated carbocycles. The Bertz CT molecular complexity index is 249. The molecule has 0 N–H and O–H groups in total. The monoisotopic (exact) mass is 168 g/mol. The third-order valence-electron chi connectivity index (χ3n) is 1.16. The molecule has 0 unspecified atom stereocenters. The van der Waals surface area contributed by atoms with Crippen LogP contribution in [0.1, 0.15) is 5.56 Å². The number of hydrogen-bond acceptors (Lipinski definition) is 3. The van der Waals surface area contributed by atoms with Gasteiger partial charge in [0.1, 0.15) is 0 Å². The Morgan fingerprint density at radius 2 is 2.55 bits per heavy atom. The second-order valence-electron chi connectivity index (χ2n) is 1.91. The van der Waals surface area contributed by atoms with E-state index in [0.29, 0.717) is 0 Å². The number of esters is 1. The van der Waals surface area contributed by atoms with Gasteiger partial charge in [-0.2, -0.15) is 11.3 Å². The van der Waals surface area contributed by atoms with Gasteiger partial charge in [-0.1, -0.05) is 0 Å². The molecule has 58 valence electrons. The minimum atomic E-state index is -0.323. The first kappa shape index (κ1) is 8.01. The summed E-state index contributed by atoms with van der Waals surface area (Å²) >= 11 is 1.60. The molecule has 0 spiro atoms. The Labute approximate surface area is 69.1 Å². The van der Waals surface area contributed by atoms with Crippen LogP contribution in [0.15, 0.2) is 22.9 Å². The molecule has 0 fully saturated rings. The Morgan fingerprint density at radius 1 is 1.73 bits per heavy atom. The van der Waals surface area contributed by atoms with E-state index in [0.717, 1.165) is 5.56 Å². The first-order valence-electron chi connectivity index (χ1n) is 3.11. The van der Waals surface area contributed by atoms with Crippen molar-refractivity contribution in [2.24, 2.45) is 0 Å². The molecule has 0 atom stereocenters. The maximum absolute atomic E-state index is 10.6. The third kappa shape index (κ3) is 2.55. The van der Waals surface area contributed by atoms with E-state index in [9.17, 15) is 4.79 Å². The molecule has 0 saturated heterocycles. The summed E-state index contributed by atoms with van der Waals surface area (Å²) in [5.74, 6) is -0.323. The smallest absolute Gasteiger partial charge is 0.330 e. The van der Waals surface area contributed by atoms with E-state index in [1.165, 1.54) is 13.2 Å². The Balaban J connectivity index is 2.55. The Morgan fingerprint density at radius 3 is 3.09 bits per heavy atom. The number of hydrogen-bond donors (Lipinski definition) is 0. The minimum absolute atomic E-state index is 0.323. The molecule has 1 rings (SSSR count). The summed E-state index contributed by atoms with van der Waals surface area (Å²) in [4.78, 5) is 10.6. The van der Waals surface area contributed by atoms with Gasteiger partial charge in [-0.05, 0) is 28.5 Å². The fourth-order valence-corrected chi connectivity index (χ4v) is 1.23. The minimum Gasteiger partial charge on any atom is -0.466 e. The summed E-state index contributed by atoms with van der Waals surface area (Å²) in [5.41, 5.74) is 1.03. The standard InChI is InChI=1S/C8H8O2S/c1-10-8(9)3-2-7-4-5-11-6-7/h2-6H,1H3. The highest BCUT2D eigenvalue weighted by Crippen LogP contribution is 2.07. The van der Waals surface area contributed by atoms with E-state index in [4.69, 9.17) is 0 Å². The zero-order chi connectivity index (χ0) is 8.10. The van der Waals surface area contributed by atoms with E-state index < -0.39 is 0 Å². The lowest BCUT2D eigenvalue weighted by Gasteiger charge is -1.87. The predicted octanol–water partition coefficient (Wildman–Crippen LogP) is 1.93. The average Bonchev–Trinajstić information content (AvgIpc) is 2.52. The van der Waals surface area contributed by atoms with Crippen LogP contribution in [-0.2, 0) is 9.53 Å². The number of thiophene rings is 1. The first-order valence-corrected chi connectivity index (χ1v) is 4.05. The normalized spacial score (nSPS) is 10.3. The van der Waals surface area contributed by atoms with Crippen LogP contribution in [0.5, 0.6) is 0 Å². The number of carbonyl (C=O) groups is 1. The van der Waals surface area contributed by atoms with Crippen molar-refractivity contribution in [2.45, 2.75) is 0 Å². The molecule has 0 aliphatic heterocycles. The summed E-state index contributed by atoms with van der Waals surface area (Å²) in [6.07, 6.45) is 3.13. The average molecular weight is 168 g/mol. The van der Waals surface area contributed by atoms with Crippen LogP contribution < -0.4 is 0 Å². The van der Waals surface area contributed by atoms with Crippen molar-refractivity contribution in [3.63, 3.8) is 0 Å². The summed E-state index contributed by atoms with van der Waals surface area (Å²) < 4.78 is 4.43. The van der Waals surface area contributed by atoms with Gasteiger partial charge >= 0.3 is 5.97 Å². The molecule has 1 heterocycles. The lowest BCUT2D eigenvalue weighted by Crippen LogP contribution is -1.92. The zero-order valence-corrected chi connectivity index (χ0v) is 6.93. The van der Waals surface area contributed by atoms with Crippen LogP contribution in [0, 0.1) is 0 Å². The molecular formula is C8H8O2S. The van der Waals surface area contributed by atoms with Crippen LogP contribution in [0.4, 0.5) is 0 Å². The molecule has 0 aliphatic carbocycles. The van der Waals surface area contributed by atoms with Crippen molar-refractivity contribution < 1.29 is 9.53 Å². The highest BCUT2D eigenvalue weighted by atomic mass is 32.1. The maximum atomic E-state index is 10.6. The van der Waals surface area contributed by atoms with Crippen molar-refractivity contribution in [1.82, 2.24) is 0 Å². The molecule has 0 aromatic carbocycles. The summed E-state index contributed by atoms with van der Waals surface area (Å²) in [6, 6.07) is 1.93. The molecule has 3 heteroatoms. The van der Waals surface area contributed by atoms with Gasteiger partial charge in [0.15, 0.2) is 0 Å². The molecule has 0 bridgehead atoms. The Kier molecular flexibility index (Phi) is 2.86. The van der Waals surface area contributed by atoms with Gasteiger partial charge in [0, 0.05) is 6.08 Å². The second-order valence-corrected chi connectivity index (χ2v) is 2.69. The molecule has 0 amide bonds. The largest absolute Gasteiger partial charge is 0.466 e. The van der Waals surface area contributed by atoms with Crippen molar-refractivity contribution >= 4 is 23.4 Å². The molecule has 0 aliphatic rings. The molecule has 1 aromatic rings. The van der Waals surface area contributed by atoms with Gasteiger partial charge in [0.25, 0.3) is 0 Å². The number of methoxy groups -OCH3 is 1. The number of rotatable bonds is 2. The van der Waals surface area contributed by atoms with E-state index in [-0.39, 0.29) is 5.97 Å². The third-order valence-corrected chi connectivity index (χ3v) is 1.86. The SMILES string of the molecule is COC(=O)C=Cc1ccsc1. The molecule has 11 heavy (non-hydrogen) atoms. The highest BCUT2D eigenvalue weighted by Gasteiger charge is 1.90. The molecule has 2 nitrogen and oxygen atoms in total. The second kappa shape index (κ2) is 3.93. The van der Waals surface area contributed by atoms with Gasteiger partial charge in [-0.15, -0.1) is 0 Å².